The molecule has 0 aromatic heterocycles. The summed E-state index contributed by atoms with van der Waals surface area (Å²) in [6, 6.07) is 0. The van der Waals surface area contributed by atoms with Crippen molar-refractivity contribution in [3.8, 4) is 0 Å². The van der Waals surface area contributed by atoms with Crippen molar-refractivity contribution in [2.75, 3.05) is 0 Å². The summed E-state index contributed by atoms with van der Waals surface area (Å²) in [4.78, 5) is 0. The van der Waals surface area contributed by atoms with Crippen molar-refractivity contribution in [2.24, 2.45) is 58.2 Å². The Bertz CT molecular complexity index is 1320. The number of hydrogen-bond acceptors (Lipinski definition) is 0. The minimum absolute atomic E-state index is 0.135. The van der Waals surface area contributed by atoms with Gasteiger partial charge in [-0.25, -0.2) is 0 Å². The average molecular weight is 1370 g/mol. The van der Waals surface area contributed by atoms with Gasteiger partial charge in [0.25, 0.3) is 0 Å². The molecular weight excluding hydrogens is 1230 g/mol. The number of rotatable bonds is 22. The zero-order chi connectivity index (χ0) is 74.8. The zero-order valence-electron chi connectivity index (χ0n) is 61.7. The maximum absolute atomic E-state index is 11.8. The van der Waals surface area contributed by atoms with Crippen molar-refractivity contribution in [2.45, 2.75) is 391 Å². The van der Waals surface area contributed by atoms with E-state index in [2.05, 4.69) is 125 Å². The predicted molar refractivity (Wildman–Crippen MR) is 344 cm³/mol. The third-order valence-electron chi connectivity index (χ3n) is 13.4. The Balaban J connectivity index is -0.0000000855. The first-order valence-corrected chi connectivity index (χ1v) is 33.5. The van der Waals surface area contributed by atoms with Gasteiger partial charge in [0, 0.05) is 25.7 Å². The molecule has 0 heterocycles. The van der Waals surface area contributed by atoms with Crippen molar-refractivity contribution < 1.29 is 92.2 Å². The van der Waals surface area contributed by atoms with Crippen LogP contribution in [-0.4, -0.2) is 43.2 Å². The molecule has 90 heavy (non-hydrogen) atoms. The highest BCUT2D eigenvalue weighted by Gasteiger charge is 2.55. The zero-order valence-corrected chi connectivity index (χ0v) is 61.7. The van der Waals surface area contributed by atoms with Crippen LogP contribution in [0.25, 0.3) is 0 Å². The molecule has 0 nitrogen and oxygen atoms in total. The fraction of sp³-hybridized carbons (Fsp3) is 1.00. The van der Waals surface area contributed by atoms with Crippen LogP contribution in [0.5, 0.6) is 0 Å². The first kappa shape index (κ1) is 113. The molecule has 0 aromatic rings. The maximum Gasteiger partial charge on any atom is 0.400 e. The minimum Gasteiger partial charge on any atom is -0.171 e. The van der Waals surface area contributed by atoms with Crippen LogP contribution in [-0.2, 0) is 0 Å². The van der Waals surface area contributed by atoms with Gasteiger partial charge in [-0.2, -0.15) is 92.2 Å². The van der Waals surface area contributed by atoms with Crippen molar-refractivity contribution >= 4 is 0 Å². The molecule has 0 aliphatic heterocycles. The van der Waals surface area contributed by atoms with Crippen LogP contribution < -0.4 is 0 Å². The monoisotopic (exact) mass is 1370 g/mol. The van der Waals surface area contributed by atoms with Crippen LogP contribution in [0.1, 0.15) is 347 Å². The molecule has 0 spiro atoms. The third kappa shape index (κ3) is 139. The SMILES string of the molecule is CC(C)C(C)C.CC(C)CCC(F)(F)F.CCC(C)(C)C.CCC(C)(C)C.CCC(C)CC.CCCC(C(F)(F)F)C(F)(F)F.CCCC(C)C.CCCCCC(F)(F)F.CCCCCCC(F)(F)F.CCCC[C@H](C)C(F)(F)F.CCC[C@H](C)CC(F)(F)F. The Morgan fingerprint density at radius 3 is 0.711 bits per heavy atom. The molecule has 0 aliphatic carbocycles. The fourth-order valence-corrected chi connectivity index (χ4v) is 5.11. The standard InChI is InChI=1S/3C7H13F3.C6H8F6.2C6H11F3.5C6H14/c1-3-4-6(2)5-7(8,9)10;1-3-4-5-6(2)7(8,9)10;1-2-3-4-5-6-7(8,9)10;1-2-3-4(5(7,8)9)6(10,11)12;1-5(2)3-4-6(7,8)9;1-2-3-4-5-6(7,8)9;2*1-5-6(2,3)4;1-5(2)6(3)4;1-4-5-6(2)3;1-4-6(3)5-2/h2*6H,3-5H2,1-2H3;2-6H2,1H3;4H,2-3H2,1H3;5H,3-4H2,1-2H3;2-5H2,1H3;2*5H2,1-4H3;5-6H,1-4H3;2*6H,4-5H2,1-3H3/t2*6-;;;;;;;;;/m00........./s1. The Morgan fingerprint density at radius 1 is 0.267 bits per heavy atom. The van der Waals surface area contributed by atoms with Gasteiger partial charge >= 0.3 is 43.2 Å². The third-order valence-corrected chi connectivity index (χ3v) is 13.4. The highest BCUT2D eigenvalue weighted by Crippen LogP contribution is 2.42. The first-order chi connectivity index (χ1) is 40.0. The average Bonchev–Trinajstić information content (AvgIpc) is 3.34. The molecule has 2 atom stereocenters. The molecule has 562 valence electrons. The van der Waals surface area contributed by atoms with E-state index >= 15 is 0 Å². The molecule has 0 N–H and O–H groups in total. The van der Waals surface area contributed by atoms with E-state index in [9.17, 15) is 92.2 Å². The Kier molecular flexibility index (Phi) is 79.7. The Labute approximate surface area is 539 Å². The minimum atomic E-state index is -5.17. The summed E-state index contributed by atoms with van der Waals surface area (Å²) in [5.74, 6) is -0.839. The fourth-order valence-electron chi connectivity index (χ4n) is 5.11. The number of halogens is 21. The summed E-state index contributed by atoms with van der Waals surface area (Å²) in [6.07, 6.45) is -17.6. The second kappa shape index (κ2) is 63.6. The highest BCUT2D eigenvalue weighted by molar-refractivity contribution is 4.74. The lowest BCUT2D eigenvalue weighted by molar-refractivity contribution is -0.285. The molecule has 0 aliphatic rings. The summed E-state index contributed by atoms with van der Waals surface area (Å²) in [5.41, 5.74) is 1.08. The van der Waals surface area contributed by atoms with Crippen LogP contribution in [0.4, 0.5) is 92.2 Å². The van der Waals surface area contributed by atoms with Gasteiger partial charge in [0.05, 0.1) is 5.92 Å². The van der Waals surface area contributed by atoms with E-state index in [0.29, 0.717) is 36.5 Å². The molecule has 0 unspecified atom stereocenters. The van der Waals surface area contributed by atoms with Gasteiger partial charge in [-0.3, -0.25) is 0 Å². The van der Waals surface area contributed by atoms with Gasteiger partial charge in [0.1, 0.15) is 0 Å². The van der Waals surface area contributed by atoms with Crippen LogP contribution in [0.15, 0.2) is 0 Å². The lowest BCUT2D eigenvalue weighted by Gasteiger charge is -2.21. The molecule has 0 bridgehead atoms. The van der Waals surface area contributed by atoms with E-state index in [1.54, 1.807) is 20.8 Å². The predicted octanol–water partition coefficient (Wildman–Crippen LogP) is 32.0. The van der Waals surface area contributed by atoms with Gasteiger partial charge in [-0.1, -0.05) is 290 Å². The molecule has 0 saturated carbocycles. The van der Waals surface area contributed by atoms with E-state index in [-0.39, 0.29) is 43.9 Å². The van der Waals surface area contributed by atoms with Crippen molar-refractivity contribution in [1.82, 2.24) is 0 Å². The van der Waals surface area contributed by atoms with E-state index < -0.39 is 87.2 Å². The normalized spacial score (nSPS) is 12.7. The quantitative estimate of drug-likeness (QED) is 0.0749. The molecule has 0 amide bonds. The maximum atomic E-state index is 11.8. The number of unbranched alkanes of at least 4 members (excludes halogenated alkanes) is 6. The first-order valence-electron chi connectivity index (χ1n) is 33.5. The van der Waals surface area contributed by atoms with E-state index in [1.807, 2.05) is 27.7 Å². The number of hydrogen-bond donors (Lipinski definition) is 0. The summed E-state index contributed by atoms with van der Waals surface area (Å²) < 4.78 is 243. The van der Waals surface area contributed by atoms with E-state index in [0.717, 1.165) is 55.8 Å². The lowest BCUT2D eigenvalue weighted by Crippen LogP contribution is -2.36. The van der Waals surface area contributed by atoms with Gasteiger partial charge < -0.3 is 0 Å². The van der Waals surface area contributed by atoms with Gasteiger partial charge in [-0.05, 0) is 78.4 Å². The van der Waals surface area contributed by atoms with E-state index in [4.69, 9.17) is 0 Å². The Morgan fingerprint density at radius 2 is 0.556 bits per heavy atom. The van der Waals surface area contributed by atoms with Gasteiger partial charge in [0.2, 0.25) is 0 Å². The molecular formula is C69H139F21. The van der Waals surface area contributed by atoms with Gasteiger partial charge in [-0.15, -0.1) is 0 Å². The van der Waals surface area contributed by atoms with Crippen LogP contribution in [0.2, 0.25) is 0 Å². The van der Waals surface area contributed by atoms with Crippen LogP contribution in [0.3, 0.4) is 0 Å². The summed E-state index contributed by atoms with van der Waals surface area (Å²) in [5, 5.41) is 0. The molecule has 0 radical (unpaired) electrons. The van der Waals surface area contributed by atoms with Crippen molar-refractivity contribution in [3.63, 3.8) is 0 Å². The van der Waals surface area contributed by atoms with Crippen molar-refractivity contribution in [3.05, 3.63) is 0 Å². The van der Waals surface area contributed by atoms with E-state index in [1.165, 1.54) is 52.4 Å². The summed E-state index contributed by atoms with van der Waals surface area (Å²) in [6.45, 7) is 55.7. The largest absolute Gasteiger partial charge is 0.400 e. The molecule has 21 heteroatoms. The van der Waals surface area contributed by atoms with Gasteiger partial charge in [0.15, 0.2) is 5.92 Å². The molecule has 0 fully saturated rings. The highest BCUT2D eigenvalue weighted by atomic mass is 19.4. The van der Waals surface area contributed by atoms with Crippen LogP contribution in [0, 0.1) is 58.2 Å². The summed E-state index contributed by atoms with van der Waals surface area (Å²) in [7, 11) is 0. The number of alkyl halides is 21. The second-order valence-corrected chi connectivity index (χ2v) is 27.2. The molecule has 0 aromatic carbocycles. The smallest absolute Gasteiger partial charge is 0.171 e. The van der Waals surface area contributed by atoms with Crippen LogP contribution >= 0.6 is 0 Å². The van der Waals surface area contributed by atoms with Crippen molar-refractivity contribution in [1.29, 1.82) is 0 Å². The molecule has 0 saturated heterocycles. The molecule has 0 rings (SSSR count). The topological polar surface area (TPSA) is 0 Å². The lowest BCUT2D eigenvalue weighted by atomic mass is 9.94. The summed E-state index contributed by atoms with van der Waals surface area (Å²) >= 11 is 0. The second-order valence-electron chi connectivity index (χ2n) is 27.2. The Hall–Kier alpha value is -1.47.